The van der Waals surface area contributed by atoms with Crippen LogP contribution in [-0.2, 0) is 17.7 Å². The topological polar surface area (TPSA) is 37.4 Å². The lowest BCUT2D eigenvalue weighted by Crippen LogP contribution is -2.44. The molecular weight excluding hydrogens is 238 g/mol. The molecule has 19 heavy (non-hydrogen) atoms. The summed E-state index contributed by atoms with van der Waals surface area (Å²) in [4.78, 5) is 7.18. The molecule has 1 aliphatic rings. The Morgan fingerprint density at radius 1 is 1.47 bits per heavy atom. The normalized spacial score (nSPS) is 19.7. The number of aromatic nitrogens is 1. The van der Waals surface area contributed by atoms with Crippen molar-refractivity contribution in [2.24, 2.45) is 0 Å². The van der Waals surface area contributed by atoms with Crippen molar-refractivity contribution in [3.8, 4) is 0 Å². The van der Waals surface area contributed by atoms with Gasteiger partial charge in [0.15, 0.2) is 0 Å². The highest BCUT2D eigenvalue weighted by Gasteiger charge is 2.20. The Morgan fingerprint density at radius 2 is 2.32 bits per heavy atom. The lowest BCUT2D eigenvalue weighted by Gasteiger charge is -2.34. The first-order valence-corrected chi connectivity index (χ1v) is 7.23. The molecule has 2 rings (SSSR count). The zero-order valence-electron chi connectivity index (χ0n) is 12.3. The van der Waals surface area contributed by atoms with E-state index in [2.05, 4.69) is 36.2 Å². The van der Waals surface area contributed by atoms with Crippen molar-refractivity contribution in [3.63, 3.8) is 0 Å². The Labute approximate surface area is 116 Å². The van der Waals surface area contributed by atoms with Gasteiger partial charge in [0.25, 0.3) is 0 Å². The number of ether oxygens (including phenoxy) is 1. The zero-order chi connectivity index (χ0) is 13.7. The molecule has 106 valence electrons. The van der Waals surface area contributed by atoms with E-state index >= 15 is 0 Å². The number of nitrogens with zero attached hydrogens (tertiary/aromatic N) is 2. The van der Waals surface area contributed by atoms with Crippen LogP contribution in [0.15, 0.2) is 12.1 Å². The molecule has 0 bridgehead atoms. The average molecular weight is 263 g/mol. The molecule has 0 saturated carbocycles. The Bertz CT molecular complexity index is 384. The van der Waals surface area contributed by atoms with Crippen LogP contribution in [0.2, 0.25) is 0 Å². The van der Waals surface area contributed by atoms with Gasteiger partial charge in [-0.3, -0.25) is 0 Å². The summed E-state index contributed by atoms with van der Waals surface area (Å²) < 4.78 is 5.51. The van der Waals surface area contributed by atoms with Crippen LogP contribution in [0.1, 0.15) is 31.5 Å². The van der Waals surface area contributed by atoms with Gasteiger partial charge in [0.2, 0.25) is 0 Å². The van der Waals surface area contributed by atoms with Gasteiger partial charge < -0.3 is 15.0 Å². The van der Waals surface area contributed by atoms with E-state index in [0.29, 0.717) is 6.04 Å². The van der Waals surface area contributed by atoms with E-state index in [1.807, 2.05) is 7.05 Å². The van der Waals surface area contributed by atoms with Crippen molar-refractivity contribution in [1.82, 2.24) is 10.3 Å². The van der Waals surface area contributed by atoms with Gasteiger partial charge in [0.05, 0.1) is 19.3 Å². The van der Waals surface area contributed by atoms with Crippen molar-refractivity contribution in [2.75, 3.05) is 31.7 Å². The maximum Gasteiger partial charge on any atom is 0.129 e. The minimum atomic E-state index is 0.403. The Hall–Kier alpha value is -1.13. The molecule has 0 aliphatic carbocycles. The number of nitrogens with one attached hydrogen (secondary N) is 1. The molecule has 4 nitrogen and oxygen atoms in total. The molecule has 4 heteroatoms. The third kappa shape index (κ3) is 3.67. The van der Waals surface area contributed by atoms with Gasteiger partial charge in [-0.1, -0.05) is 13.3 Å². The van der Waals surface area contributed by atoms with Crippen LogP contribution >= 0.6 is 0 Å². The van der Waals surface area contributed by atoms with Crippen molar-refractivity contribution < 1.29 is 4.74 Å². The van der Waals surface area contributed by atoms with Crippen LogP contribution in [-0.4, -0.2) is 37.8 Å². The molecule has 0 radical (unpaired) electrons. The summed E-state index contributed by atoms with van der Waals surface area (Å²) in [6.07, 6.45) is 2.18. The van der Waals surface area contributed by atoms with Crippen LogP contribution in [0, 0.1) is 0 Å². The first kappa shape index (κ1) is 14.3. The van der Waals surface area contributed by atoms with E-state index in [9.17, 15) is 0 Å². The highest BCUT2D eigenvalue weighted by molar-refractivity contribution is 5.44. The minimum absolute atomic E-state index is 0.403. The highest BCUT2D eigenvalue weighted by atomic mass is 16.5. The first-order chi connectivity index (χ1) is 9.24. The molecule has 1 aromatic rings. The number of rotatable bonds is 5. The molecule has 0 aromatic carbocycles. The molecule has 1 fully saturated rings. The standard InChI is InChI=1S/C15H25N3O/c1-4-5-14-8-13(10-16-3)9-15(17-14)18-6-7-19-11-12(18)2/h8-9,12,16H,4-7,10-11H2,1-3H3. The highest BCUT2D eigenvalue weighted by Crippen LogP contribution is 2.20. The Balaban J connectivity index is 2.26. The van der Waals surface area contributed by atoms with Gasteiger partial charge in [0.1, 0.15) is 5.82 Å². The van der Waals surface area contributed by atoms with Crippen LogP contribution < -0.4 is 10.2 Å². The maximum atomic E-state index is 5.51. The maximum absolute atomic E-state index is 5.51. The zero-order valence-corrected chi connectivity index (χ0v) is 12.3. The number of morpholine rings is 1. The monoisotopic (exact) mass is 263 g/mol. The first-order valence-electron chi connectivity index (χ1n) is 7.23. The summed E-state index contributed by atoms with van der Waals surface area (Å²) in [7, 11) is 1.98. The largest absolute Gasteiger partial charge is 0.377 e. The predicted octanol–water partition coefficient (Wildman–Crippen LogP) is 1.98. The number of aryl methyl sites for hydroxylation is 1. The molecule has 1 aromatic heterocycles. The summed E-state index contributed by atoms with van der Waals surface area (Å²) in [5.41, 5.74) is 2.51. The van der Waals surface area contributed by atoms with E-state index in [-0.39, 0.29) is 0 Å². The van der Waals surface area contributed by atoms with Gasteiger partial charge >= 0.3 is 0 Å². The lowest BCUT2D eigenvalue weighted by molar-refractivity contribution is 0.0985. The van der Waals surface area contributed by atoms with Gasteiger partial charge in [-0.15, -0.1) is 0 Å². The second-order valence-corrected chi connectivity index (χ2v) is 5.22. The smallest absolute Gasteiger partial charge is 0.129 e. The summed E-state index contributed by atoms with van der Waals surface area (Å²) in [6, 6.07) is 4.83. The van der Waals surface area contributed by atoms with Crippen LogP contribution in [0.4, 0.5) is 5.82 Å². The van der Waals surface area contributed by atoms with Gasteiger partial charge in [-0.25, -0.2) is 4.98 Å². The average Bonchev–Trinajstić information content (AvgIpc) is 2.40. The SMILES string of the molecule is CCCc1cc(CNC)cc(N2CCOCC2C)n1. The fourth-order valence-electron chi connectivity index (χ4n) is 2.54. The van der Waals surface area contributed by atoms with Crippen LogP contribution in [0.3, 0.4) is 0 Å². The Kier molecular flexibility index (Phi) is 5.16. The third-order valence-electron chi connectivity index (χ3n) is 3.47. The quantitative estimate of drug-likeness (QED) is 0.881. The summed E-state index contributed by atoms with van der Waals surface area (Å²) in [6.45, 7) is 7.81. The molecule has 1 saturated heterocycles. The van der Waals surface area contributed by atoms with Gasteiger partial charge in [-0.2, -0.15) is 0 Å². The van der Waals surface area contributed by atoms with Crippen molar-refractivity contribution in [2.45, 2.75) is 39.3 Å². The van der Waals surface area contributed by atoms with Gasteiger partial charge in [0, 0.05) is 18.8 Å². The molecular formula is C15H25N3O. The van der Waals surface area contributed by atoms with Gasteiger partial charge in [-0.05, 0) is 38.1 Å². The third-order valence-corrected chi connectivity index (χ3v) is 3.47. The molecule has 0 amide bonds. The van der Waals surface area contributed by atoms with E-state index < -0.39 is 0 Å². The van der Waals surface area contributed by atoms with Crippen molar-refractivity contribution in [3.05, 3.63) is 23.4 Å². The minimum Gasteiger partial charge on any atom is -0.377 e. The number of anilines is 1. The Morgan fingerprint density at radius 3 is 3.00 bits per heavy atom. The molecule has 2 heterocycles. The summed E-state index contributed by atoms with van der Waals surface area (Å²) >= 11 is 0. The predicted molar refractivity (Wildman–Crippen MR) is 78.6 cm³/mol. The van der Waals surface area contributed by atoms with Crippen LogP contribution in [0.25, 0.3) is 0 Å². The van der Waals surface area contributed by atoms with Crippen LogP contribution in [0.5, 0.6) is 0 Å². The number of hydrogen-bond donors (Lipinski definition) is 1. The summed E-state index contributed by atoms with van der Waals surface area (Å²) in [5.74, 6) is 1.10. The second kappa shape index (κ2) is 6.87. The molecule has 1 atom stereocenters. The van der Waals surface area contributed by atoms with E-state index in [4.69, 9.17) is 9.72 Å². The van der Waals surface area contributed by atoms with E-state index in [1.165, 1.54) is 11.3 Å². The van der Waals surface area contributed by atoms with Crippen molar-refractivity contribution in [1.29, 1.82) is 0 Å². The van der Waals surface area contributed by atoms with Crippen molar-refractivity contribution >= 4 is 5.82 Å². The second-order valence-electron chi connectivity index (χ2n) is 5.22. The number of pyridine rings is 1. The molecule has 1 N–H and O–H groups in total. The number of hydrogen-bond acceptors (Lipinski definition) is 4. The molecule has 1 unspecified atom stereocenters. The van der Waals surface area contributed by atoms with E-state index in [1.54, 1.807) is 0 Å². The molecule has 1 aliphatic heterocycles. The fraction of sp³-hybridized carbons (Fsp3) is 0.667. The molecule has 0 spiro atoms. The summed E-state index contributed by atoms with van der Waals surface area (Å²) in [5, 5.41) is 3.22. The van der Waals surface area contributed by atoms with E-state index in [0.717, 1.165) is 45.0 Å². The lowest BCUT2D eigenvalue weighted by atomic mass is 10.1. The fourth-order valence-corrected chi connectivity index (χ4v) is 2.54.